The SMILES string of the molecule is O=C1CCC(c2c[nH]c3ccc([N+](=O)[O-])cc23)CC1. The number of carbonyl (C=O) groups excluding carboxylic acids is 1. The normalized spacial score (nSPS) is 16.9. The number of Topliss-reactive ketones (excluding diaryl/α,β-unsaturated/α-hetero) is 1. The fraction of sp³-hybridized carbons (Fsp3) is 0.357. The smallest absolute Gasteiger partial charge is 0.270 e. The third kappa shape index (κ3) is 2.12. The molecule has 0 spiro atoms. The van der Waals surface area contributed by atoms with E-state index in [1.807, 2.05) is 6.20 Å². The molecule has 1 fully saturated rings. The van der Waals surface area contributed by atoms with Gasteiger partial charge in [0, 0.05) is 42.1 Å². The van der Waals surface area contributed by atoms with Crippen molar-refractivity contribution in [1.82, 2.24) is 4.98 Å². The molecule has 2 aromatic rings. The number of hydrogen-bond donors (Lipinski definition) is 1. The van der Waals surface area contributed by atoms with Crippen molar-refractivity contribution >= 4 is 22.4 Å². The van der Waals surface area contributed by atoms with Crippen molar-refractivity contribution in [2.75, 3.05) is 0 Å². The van der Waals surface area contributed by atoms with Gasteiger partial charge in [-0.25, -0.2) is 0 Å². The molecule has 0 atom stereocenters. The monoisotopic (exact) mass is 258 g/mol. The number of fused-ring (bicyclic) bond motifs is 1. The Labute approximate surface area is 109 Å². The zero-order valence-corrected chi connectivity index (χ0v) is 10.4. The quantitative estimate of drug-likeness (QED) is 0.663. The van der Waals surface area contributed by atoms with E-state index in [2.05, 4.69) is 4.98 Å². The number of nitrogens with one attached hydrogen (secondary N) is 1. The lowest BCUT2D eigenvalue weighted by Gasteiger charge is -2.20. The van der Waals surface area contributed by atoms with Crippen LogP contribution in [0.2, 0.25) is 0 Å². The number of non-ortho nitro benzene ring substituents is 1. The van der Waals surface area contributed by atoms with Gasteiger partial charge < -0.3 is 4.98 Å². The molecule has 98 valence electrons. The predicted octanol–water partition coefficient (Wildman–Crippen LogP) is 3.30. The van der Waals surface area contributed by atoms with Gasteiger partial charge in [0.15, 0.2) is 0 Å². The number of nitro groups is 1. The average molecular weight is 258 g/mol. The molecule has 0 bridgehead atoms. The van der Waals surface area contributed by atoms with Crippen molar-refractivity contribution in [3.8, 4) is 0 Å². The molecule has 1 saturated carbocycles. The highest BCUT2D eigenvalue weighted by Gasteiger charge is 2.23. The number of nitrogens with zero attached hydrogens (tertiary/aromatic N) is 1. The lowest BCUT2D eigenvalue weighted by Crippen LogP contribution is -2.12. The second kappa shape index (κ2) is 4.50. The zero-order valence-electron chi connectivity index (χ0n) is 10.4. The highest BCUT2D eigenvalue weighted by molar-refractivity contribution is 5.86. The molecule has 0 aliphatic heterocycles. The summed E-state index contributed by atoms with van der Waals surface area (Å²) >= 11 is 0. The van der Waals surface area contributed by atoms with E-state index in [-0.39, 0.29) is 10.6 Å². The predicted molar refractivity (Wildman–Crippen MR) is 71.2 cm³/mol. The standard InChI is InChI=1S/C14H14N2O3/c17-11-4-1-9(2-5-11)13-8-15-14-6-3-10(16(18)19)7-12(13)14/h3,6-9,15H,1-2,4-5H2. The molecule has 1 aromatic heterocycles. The Kier molecular flexibility index (Phi) is 2.81. The number of benzene rings is 1. The first kappa shape index (κ1) is 11.9. The maximum atomic E-state index is 11.3. The maximum absolute atomic E-state index is 11.3. The van der Waals surface area contributed by atoms with Crippen LogP contribution < -0.4 is 0 Å². The van der Waals surface area contributed by atoms with E-state index in [4.69, 9.17) is 0 Å². The minimum absolute atomic E-state index is 0.111. The third-order valence-corrected chi connectivity index (χ3v) is 3.89. The Hall–Kier alpha value is -2.17. The molecule has 0 amide bonds. The Balaban J connectivity index is 2.01. The van der Waals surface area contributed by atoms with Crippen molar-refractivity contribution in [1.29, 1.82) is 0 Å². The Morgan fingerprint density at radius 3 is 2.68 bits per heavy atom. The van der Waals surface area contributed by atoms with E-state index < -0.39 is 0 Å². The van der Waals surface area contributed by atoms with Crippen molar-refractivity contribution < 1.29 is 9.72 Å². The van der Waals surface area contributed by atoms with E-state index >= 15 is 0 Å². The number of hydrogen-bond acceptors (Lipinski definition) is 3. The zero-order chi connectivity index (χ0) is 13.4. The number of aromatic nitrogens is 1. The topological polar surface area (TPSA) is 76.0 Å². The molecule has 1 aromatic carbocycles. The van der Waals surface area contributed by atoms with Gasteiger partial charge >= 0.3 is 0 Å². The number of aromatic amines is 1. The van der Waals surface area contributed by atoms with Gasteiger partial charge in [0.05, 0.1) is 4.92 Å². The average Bonchev–Trinajstić information content (AvgIpc) is 2.82. The molecular formula is C14H14N2O3. The lowest BCUT2D eigenvalue weighted by atomic mass is 9.83. The summed E-state index contributed by atoms with van der Waals surface area (Å²) in [6, 6.07) is 4.87. The minimum Gasteiger partial charge on any atom is -0.361 e. The van der Waals surface area contributed by atoms with Gasteiger partial charge in [0.1, 0.15) is 5.78 Å². The van der Waals surface area contributed by atoms with E-state index in [0.717, 1.165) is 29.3 Å². The molecule has 0 radical (unpaired) electrons. The molecule has 1 heterocycles. The van der Waals surface area contributed by atoms with Gasteiger partial charge in [-0.15, -0.1) is 0 Å². The third-order valence-electron chi connectivity index (χ3n) is 3.89. The van der Waals surface area contributed by atoms with Gasteiger partial charge in [-0.3, -0.25) is 14.9 Å². The van der Waals surface area contributed by atoms with Crippen molar-refractivity contribution in [2.45, 2.75) is 31.6 Å². The van der Waals surface area contributed by atoms with E-state index in [9.17, 15) is 14.9 Å². The van der Waals surface area contributed by atoms with Crippen LogP contribution >= 0.6 is 0 Å². The van der Waals surface area contributed by atoms with Crippen LogP contribution in [-0.2, 0) is 4.79 Å². The Bertz CT molecular complexity index is 650. The number of H-pyrrole nitrogens is 1. The summed E-state index contributed by atoms with van der Waals surface area (Å²) in [6.45, 7) is 0. The molecule has 1 aliphatic carbocycles. The summed E-state index contributed by atoms with van der Waals surface area (Å²) in [4.78, 5) is 24.9. The molecule has 0 saturated heterocycles. The molecule has 3 rings (SSSR count). The van der Waals surface area contributed by atoms with Crippen molar-refractivity contribution in [3.63, 3.8) is 0 Å². The number of rotatable bonds is 2. The summed E-state index contributed by atoms with van der Waals surface area (Å²) in [7, 11) is 0. The van der Waals surface area contributed by atoms with Gasteiger partial charge in [0.25, 0.3) is 5.69 Å². The van der Waals surface area contributed by atoms with Gasteiger partial charge in [-0.05, 0) is 30.4 Å². The lowest BCUT2D eigenvalue weighted by molar-refractivity contribution is -0.384. The van der Waals surface area contributed by atoms with Crippen LogP contribution in [0.5, 0.6) is 0 Å². The molecule has 1 N–H and O–H groups in total. The van der Waals surface area contributed by atoms with Crippen LogP contribution in [0.1, 0.15) is 37.2 Å². The molecule has 1 aliphatic rings. The Morgan fingerprint density at radius 1 is 1.26 bits per heavy atom. The van der Waals surface area contributed by atoms with Gasteiger partial charge in [-0.2, -0.15) is 0 Å². The summed E-state index contributed by atoms with van der Waals surface area (Å²) in [5.74, 6) is 0.649. The fourth-order valence-corrected chi connectivity index (χ4v) is 2.83. The Morgan fingerprint density at radius 2 is 2.00 bits per heavy atom. The van der Waals surface area contributed by atoms with E-state index in [1.165, 1.54) is 6.07 Å². The van der Waals surface area contributed by atoms with E-state index in [1.54, 1.807) is 12.1 Å². The van der Waals surface area contributed by atoms with Crippen molar-refractivity contribution in [3.05, 3.63) is 40.1 Å². The first-order chi connectivity index (χ1) is 9.15. The highest BCUT2D eigenvalue weighted by atomic mass is 16.6. The van der Waals surface area contributed by atoms with Crippen LogP contribution in [0.4, 0.5) is 5.69 Å². The number of ketones is 1. The second-order valence-electron chi connectivity index (χ2n) is 5.04. The van der Waals surface area contributed by atoms with Gasteiger partial charge in [-0.1, -0.05) is 0 Å². The molecular weight excluding hydrogens is 244 g/mol. The summed E-state index contributed by atoms with van der Waals surface area (Å²) in [5.41, 5.74) is 2.13. The van der Waals surface area contributed by atoms with Crippen LogP contribution in [-0.4, -0.2) is 15.7 Å². The van der Waals surface area contributed by atoms with Crippen LogP contribution in [0.3, 0.4) is 0 Å². The minimum atomic E-state index is -0.374. The molecule has 19 heavy (non-hydrogen) atoms. The maximum Gasteiger partial charge on any atom is 0.270 e. The van der Waals surface area contributed by atoms with Crippen LogP contribution in [0, 0.1) is 10.1 Å². The molecule has 0 unspecified atom stereocenters. The summed E-state index contributed by atoms with van der Waals surface area (Å²) in [6.07, 6.45) is 4.84. The summed E-state index contributed by atoms with van der Waals surface area (Å²) < 4.78 is 0. The number of nitro benzene ring substituents is 1. The summed E-state index contributed by atoms with van der Waals surface area (Å²) in [5, 5.41) is 11.8. The van der Waals surface area contributed by atoms with Crippen LogP contribution in [0.25, 0.3) is 10.9 Å². The molecule has 5 nitrogen and oxygen atoms in total. The second-order valence-corrected chi connectivity index (χ2v) is 5.04. The fourth-order valence-electron chi connectivity index (χ4n) is 2.83. The van der Waals surface area contributed by atoms with Crippen LogP contribution in [0.15, 0.2) is 24.4 Å². The van der Waals surface area contributed by atoms with Gasteiger partial charge in [0.2, 0.25) is 0 Å². The number of carbonyl (C=O) groups is 1. The largest absolute Gasteiger partial charge is 0.361 e. The first-order valence-corrected chi connectivity index (χ1v) is 6.42. The highest BCUT2D eigenvalue weighted by Crippen LogP contribution is 2.36. The molecule has 5 heteroatoms. The van der Waals surface area contributed by atoms with Crippen molar-refractivity contribution in [2.24, 2.45) is 0 Å². The first-order valence-electron chi connectivity index (χ1n) is 6.42. The van der Waals surface area contributed by atoms with E-state index in [0.29, 0.717) is 24.5 Å².